The first-order valence-electron chi connectivity index (χ1n) is 13.3. The van der Waals surface area contributed by atoms with Gasteiger partial charge in [0.15, 0.2) is 0 Å². The van der Waals surface area contributed by atoms with Crippen molar-refractivity contribution in [1.29, 1.82) is 0 Å². The SMILES string of the molecule is Fc1cccc(N(c2cccc(F)c2)c2ccc(N(c3cccc(F)c3)c3cccc(F)c3)c(-c3ccccc3)c2)c1. The van der Waals surface area contributed by atoms with E-state index in [1.165, 1.54) is 48.5 Å². The van der Waals surface area contributed by atoms with Crippen molar-refractivity contribution >= 4 is 34.1 Å². The van der Waals surface area contributed by atoms with E-state index in [0.29, 0.717) is 34.1 Å². The third-order valence-electron chi connectivity index (χ3n) is 6.83. The van der Waals surface area contributed by atoms with E-state index in [1.807, 2.05) is 48.5 Å². The lowest BCUT2D eigenvalue weighted by molar-refractivity contribution is 0.626. The molecule has 6 aromatic carbocycles. The maximum absolute atomic E-state index is 14.5. The summed E-state index contributed by atoms with van der Waals surface area (Å²) in [6.07, 6.45) is 0. The molecule has 0 heterocycles. The average Bonchev–Trinajstić information content (AvgIpc) is 2.99. The largest absolute Gasteiger partial charge is 0.310 e. The van der Waals surface area contributed by atoms with Gasteiger partial charge in [-0.1, -0.05) is 54.6 Å². The Hall–Kier alpha value is -5.36. The highest BCUT2D eigenvalue weighted by atomic mass is 19.1. The van der Waals surface area contributed by atoms with Gasteiger partial charge in [-0.15, -0.1) is 0 Å². The van der Waals surface area contributed by atoms with E-state index in [2.05, 4.69) is 0 Å². The molecule has 0 saturated carbocycles. The Morgan fingerprint density at radius 1 is 0.333 bits per heavy atom. The van der Waals surface area contributed by atoms with E-state index in [4.69, 9.17) is 0 Å². The van der Waals surface area contributed by atoms with Gasteiger partial charge in [0.2, 0.25) is 0 Å². The first-order valence-corrected chi connectivity index (χ1v) is 13.3. The van der Waals surface area contributed by atoms with Crippen molar-refractivity contribution in [3.63, 3.8) is 0 Å². The number of hydrogen-bond acceptors (Lipinski definition) is 2. The predicted octanol–water partition coefficient (Wildman–Crippen LogP) is 10.8. The summed E-state index contributed by atoms with van der Waals surface area (Å²) < 4.78 is 57.9. The standard InChI is InChI=1S/C36H24F4N2/c37-26-10-4-14-30(20-26)41(31-15-5-11-27(38)21-31)34-18-19-36(35(24-34)25-8-2-1-3-9-25)42(32-16-6-12-28(39)22-32)33-17-7-13-29(40)23-33/h1-24H. The van der Waals surface area contributed by atoms with Crippen LogP contribution in [0, 0.1) is 23.3 Å². The normalized spacial score (nSPS) is 10.9. The van der Waals surface area contributed by atoms with Crippen molar-refractivity contribution in [2.45, 2.75) is 0 Å². The summed E-state index contributed by atoms with van der Waals surface area (Å²) in [5.74, 6) is -1.74. The van der Waals surface area contributed by atoms with E-state index in [1.54, 1.807) is 58.3 Å². The zero-order valence-electron chi connectivity index (χ0n) is 22.3. The first-order chi connectivity index (χ1) is 20.5. The molecule has 0 amide bonds. The van der Waals surface area contributed by atoms with Crippen LogP contribution >= 0.6 is 0 Å². The average molecular weight is 561 g/mol. The highest BCUT2D eigenvalue weighted by Gasteiger charge is 2.21. The minimum absolute atomic E-state index is 0.433. The lowest BCUT2D eigenvalue weighted by Gasteiger charge is -2.30. The van der Waals surface area contributed by atoms with E-state index >= 15 is 0 Å². The monoisotopic (exact) mass is 560 g/mol. The molecule has 0 fully saturated rings. The van der Waals surface area contributed by atoms with Crippen molar-refractivity contribution in [3.05, 3.63) is 169 Å². The Kier molecular flexibility index (Phi) is 7.43. The molecule has 6 heteroatoms. The molecule has 0 saturated heterocycles. The summed E-state index contributed by atoms with van der Waals surface area (Å²) in [6.45, 7) is 0. The van der Waals surface area contributed by atoms with Gasteiger partial charge in [0.25, 0.3) is 0 Å². The maximum atomic E-state index is 14.5. The number of halogens is 4. The second kappa shape index (κ2) is 11.6. The molecule has 0 aliphatic heterocycles. The molecular weight excluding hydrogens is 536 g/mol. The molecule has 6 rings (SSSR count). The predicted molar refractivity (Wildman–Crippen MR) is 161 cm³/mol. The molecular formula is C36H24F4N2. The van der Waals surface area contributed by atoms with E-state index in [9.17, 15) is 17.6 Å². The fourth-order valence-electron chi connectivity index (χ4n) is 5.04. The van der Waals surface area contributed by atoms with Gasteiger partial charge in [-0.2, -0.15) is 0 Å². The fraction of sp³-hybridized carbons (Fsp3) is 0. The van der Waals surface area contributed by atoms with Crippen molar-refractivity contribution in [2.24, 2.45) is 0 Å². The van der Waals surface area contributed by atoms with Gasteiger partial charge < -0.3 is 9.80 Å². The number of hydrogen-bond donors (Lipinski definition) is 0. The molecule has 42 heavy (non-hydrogen) atoms. The van der Waals surface area contributed by atoms with Gasteiger partial charge in [0.1, 0.15) is 23.3 Å². The molecule has 0 radical (unpaired) electrons. The van der Waals surface area contributed by atoms with Gasteiger partial charge in [-0.25, -0.2) is 17.6 Å². The summed E-state index contributed by atoms with van der Waals surface area (Å²) >= 11 is 0. The maximum Gasteiger partial charge on any atom is 0.125 e. The van der Waals surface area contributed by atoms with E-state index in [0.717, 1.165) is 11.1 Å². The Morgan fingerprint density at radius 2 is 0.738 bits per heavy atom. The molecule has 0 aliphatic rings. The number of benzene rings is 6. The molecule has 0 N–H and O–H groups in total. The van der Waals surface area contributed by atoms with Gasteiger partial charge in [0, 0.05) is 34.0 Å². The van der Waals surface area contributed by atoms with E-state index in [-0.39, 0.29) is 0 Å². The van der Waals surface area contributed by atoms with Crippen LogP contribution in [0.3, 0.4) is 0 Å². The Labute approximate surface area is 241 Å². The lowest BCUT2D eigenvalue weighted by atomic mass is 10.00. The third-order valence-corrected chi connectivity index (χ3v) is 6.83. The molecule has 0 aromatic heterocycles. The molecule has 0 aliphatic carbocycles. The minimum atomic E-state index is -0.435. The van der Waals surface area contributed by atoms with E-state index < -0.39 is 23.3 Å². The second-order valence-corrected chi connectivity index (χ2v) is 9.66. The zero-order valence-corrected chi connectivity index (χ0v) is 22.3. The summed E-state index contributed by atoms with van der Waals surface area (Å²) in [5, 5.41) is 0. The highest BCUT2D eigenvalue weighted by molar-refractivity contribution is 5.91. The van der Waals surface area contributed by atoms with Crippen LogP contribution in [0.1, 0.15) is 0 Å². The van der Waals surface area contributed by atoms with Crippen molar-refractivity contribution in [2.75, 3.05) is 9.80 Å². The fourth-order valence-corrected chi connectivity index (χ4v) is 5.04. The van der Waals surface area contributed by atoms with Crippen molar-refractivity contribution < 1.29 is 17.6 Å². The molecule has 0 bridgehead atoms. The van der Waals surface area contributed by atoms with Gasteiger partial charge >= 0.3 is 0 Å². The van der Waals surface area contributed by atoms with Crippen LogP contribution in [0.25, 0.3) is 11.1 Å². The van der Waals surface area contributed by atoms with Crippen LogP contribution in [0.4, 0.5) is 51.7 Å². The number of nitrogens with zero attached hydrogens (tertiary/aromatic N) is 2. The Morgan fingerprint density at radius 3 is 1.17 bits per heavy atom. The van der Waals surface area contributed by atoms with Gasteiger partial charge in [-0.3, -0.25) is 0 Å². The summed E-state index contributed by atoms with van der Waals surface area (Å²) in [5.41, 5.74) is 4.85. The van der Waals surface area contributed by atoms with Gasteiger partial charge in [-0.05, 0) is 96.6 Å². The molecule has 0 spiro atoms. The minimum Gasteiger partial charge on any atom is -0.310 e. The number of rotatable bonds is 7. The van der Waals surface area contributed by atoms with Crippen molar-refractivity contribution in [1.82, 2.24) is 0 Å². The molecule has 0 atom stereocenters. The lowest BCUT2D eigenvalue weighted by Crippen LogP contribution is -2.14. The van der Waals surface area contributed by atoms with Crippen LogP contribution in [0.15, 0.2) is 146 Å². The van der Waals surface area contributed by atoms with Crippen LogP contribution in [-0.2, 0) is 0 Å². The van der Waals surface area contributed by atoms with Crippen LogP contribution < -0.4 is 9.80 Å². The quantitative estimate of drug-likeness (QED) is 0.179. The highest BCUT2D eigenvalue weighted by Crippen LogP contribution is 2.45. The first kappa shape index (κ1) is 26.8. The summed E-state index contributed by atoms with van der Waals surface area (Å²) in [7, 11) is 0. The molecule has 2 nitrogen and oxygen atoms in total. The van der Waals surface area contributed by atoms with Crippen LogP contribution in [0.2, 0.25) is 0 Å². The van der Waals surface area contributed by atoms with Gasteiger partial charge in [0.05, 0.1) is 5.69 Å². The molecule has 206 valence electrons. The molecule has 0 unspecified atom stereocenters. The summed E-state index contributed by atoms with van der Waals surface area (Å²) in [6, 6.07) is 39.5. The smallest absolute Gasteiger partial charge is 0.125 e. The third kappa shape index (κ3) is 5.60. The topological polar surface area (TPSA) is 6.48 Å². The number of anilines is 6. The Bertz CT molecular complexity index is 1760. The summed E-state index contributed by atoms with van der Waals surface area (Å²) in [4.78, 5) is 3.55. The van der Waals surface area contributed by atoms with Crippen LogP contribution in [0.5, 0.6) is 0 Å². The Balaban J connectivity index is 1.61. The molecule has 6 aromatic rings. The van der Waals surface area contributed by atoms with Crippen molar-refractivity contribution in [3.8, 4) is 11.1 Å². The zero-order chi connectivity index (χ0) is 29.1. The van der Waals surface area contributed by atoms with Crippen LogP contribution in [-0.4, -0.2) is 0 Å². The second-order valence-electron chi connectivity index (χ2n) is 9.66.